The highest BCUT2D eigenvalue weighted by molar-refractivity contribution is 7.89. The molecule has 0 fully saturated rings. The van der Waals surface area contributed by atoms with E-state index in [1.807, 2.05) is 20.8 Å². The minimum atomic E-state index is -3.57. The normalized spacial score (nSPS) is 12.4. The van der Waals surface area contributed by atoms with Crippen LogP contribution in [0.4, 0.5) is 0 Å². The van der Waals surface area contributed by atoms with E-state index in [4.69, 9.17) is 4.42 Å². The molecule has 0 unspecified atom stereocenters. The quantitative estimate of drug-likeness (QED) is 0.783. The van der Waals surface area contributed by atoms with Gasteiger partial charge >= 0.3 is 5.76 Å². The zero-order chi connectivity index (χ0) is 16.3. The number of aryl methyl sites for hydroxylation is 1. The summed E-state index contributed by atoms with van der Waals surface area (Å²) in [6.45, 7) is 7.17. The van der Waals surface area contributed by atoms with E-state index >= 15 is 0 Å². The van der Waals surface area contributed by atoms with Crippen molar-refractivity contribution in [3.63, 3.8) is 0 Å². The zero-order valence-corrected chi connectivity index (χ0v) is 14.0. The second kappa shape index (κ2) is 6.66. The maximum Gasteiger partial charge on any atom is 0.419 e. The number of aromatic nitrogens is 1. The summed E-state index contributed by atoms with van der Waals surface area (Å²) in [5.41, 5.74) is 0.921. The van der Waals surface area contributed by atoms with Crippen LogP contribution in [0.1, 0.15) is 33.6 Å². The van der Waals surface area contributed by atoms with Crippen molar-refractivity contribution in [1.82, 2.24) is 8.87 Å². The van der Waals surface area contributed by atoms with E-state index in [-0.39, 0.29) is 4.90 Å². The fourth-order valence-corrected chi connectivity index (χ4v) is 4.15. The summed E-state index contributed by atoms with van der Waals surface area (Å²) < 4.78 is 33.5. The molecule has 2 rings (SSSR count). The van der Waals surface area contributed by atoms with Crippen molar-refractivity contribution in [3.8, 4) is 0 Å². The molecule has 0 atom stereocenters. The van der Waals surface area contributed by atoms with E-state index in [1.165, 1.54) is 21.0 Å². The van der Waals surface area contributed by atoms with Crippen LogP contribution >= 0.6 is 0 Å². The third-order valence-corrected chi connectivity index (χ3v) is 5.43. The predicted molar refractivity (Wildman–Crippen MR) is 85.5 cm³/mol. The van der Waals surface area contributed by atoms with E-state index < -0.39 is 15.8 Å². The van der Waals surface area contributed by atoms with Crippen LogP contribution in [0.25, 0.3) is 11.1 Å². The second-order valence-electron chi connectivity index (χ2n) is 5.15. The lowest BCUT2D eigenvalue weighted by molar-refractivity contribution is 0.410. The van der Waals surface area contributed by atoms with Gasteiger partial charge in [-0.05, 0) is 31.9 Å². The first-order chi connectivity index (χ1) is 10.5. The smallest absolute Gasteiger partial charge is 0.408 e. The molecule has 0 aliphatic rings. The van der Waals surface area contributed by atoms with Crippen LogP contribution in [0.15, 0.2) is 32.3 Å². The Morgan fingerprint density at radius 1 is 1.14 bits per heavy atom. The van der Waals surface area contributed by atoms with Crippen LogP contribution in [-0.2, 0) is 16.6 Å². The van der Waals surface area contributed by atoms with Crippen molar-refractivity contribution in [2.75, 3.05) is 13.1 Å². The molecule has 0 N–H and O–H groups in total. The highest BCUT2D eigenvalue weighted by atomic mass is 32.2. The monoisotopic (exact) mass is 326 g/mol. The van der Waals surface area contributed by atoms with Gasteiger partial charge in [-0.3, -0.25) is 4.57 Å². The molecule has 1 aromatic heterocycles. The average Bonchev–Trinajstić information content (AvgIpc) is 2.81. The van der Waals surface area contributed by atoms with Crippen molar-refractivity contribution >= 4 is 21.1 Å². The molecule has 0 aliphatic carbocycles. The summed E-state index contributed by atoms with van der Waals surface area (Å²) in [5.74, 6) is -0.467. The summed E-state index contributed by atoms with van der Waals surface area (Å²) in [7, 11) is -3.57. The van der Waals surface area contributed by atoms with Crippen molar-refractivity contribution in [2.24, 2.45) is 0 Å². The number of rotatable bonds is 7. The average molecular weight is 326 g/mol. The molecule has 7 heteroatoms. The van der Waals surface area contributed by atoms with Crippen LogP contribution < -0.4 is 5.76 Å². The molecule has 0 saturated heterocycles. The summed E-state index contributed by atoms with van der Waals surface area (Å²) in [5, 5.41) is 0. The predicted octanol–water partition coefficient (Wildman–Crippen LogP) is 2.43. The molecule has 0 bridgehead atoms. The Hall–Kier alpha value is -1.60. The molecular formula is C15H22N2O4S. The van der Waals surface area contributed by atoms with Crippen molar-refractivity contribution in [1.29, 1.82) is 0 Å². The number of hydrogen-bond donors (Lipinski definition) is 0. The van der Waals surface area contributed by atoms with Gasteiger partial charge in [0, 0.05) is 25.7 Å². The second-order valence-corrected chi connectivity index (χ2v) is 7.08. The number of nitrogens with zero attached hydrogens (tertiary/aromatic N) is 2. The summed E-state index contributed by atoms with van der Waals surface area (Å²) in [4.78, 5) is 11.9. The molecule has 0 aliphatic heterocycles. The van der Waals surface area contributed by atoms with Gasteiger partial charge in [-0.15, -0.1) is 0 Å². The summed E-state index contributed by atoms with van der Waals surface area (Å²) in [6, 6.07) is 4.61. The summed E-state index contributed by atoms with van der Waals surface area (Å²) in [6.07, 6.45) is 1.51. The first kappa shape index (κ1) is 16.8. The third-order valence-electron chi connectivity index (χ3n) is 3.54. The number of benzene rings is 1. The maximum absolute atomic E-state index is 12.7. The van der Waals surface area contributed by atoms with Gasteiger partial charge < -0.3 is 4.42 Å². The van der Waals surface area contributed by atoms with Crippen molar-refractivity contribution in [3.05, 3.63) is 28.7 Å². The summed E-state index contributed by atoms with van der Waals surface area (Å²) >= 11 is 0. The van der Waals surface area contributed by atoms with Gasteiger partial charge in [-0.2, -0.15) is 4.31 Å². The first-order valence-electron chi connectivity index (χ1n) is 7.59. The molecule has 0 saturated carbocycles. The Kier molecular flexibility index (Phi) is 5.08. The van der Waals surface area contributed by atoms with Gasteiger partial charge in [0.05, 0.1) is 10.4 Å². The van der Waals surface area contributed by atoms with Crippen LogP contribution in [0.5, 0.6) is 0 Å². The lowest BCUT2D eigenvalue weighted by Gasteiger charge is -2.20. The van der Waals surface area contributed by atoms with E-state index in [0.717, 1.165) is 12.8 Å². The van der Waals surface area contributed by atoms with Gasteiger partial charge in [0.2, 0.25) is 10.0 Å². The van der Waals surface area contributed by atoms with Gasteiger partial charge in [0.25, 0.3) is 0 Å². The highest BCUT2D eigenvalue weighted by Crippen LogP contribution is 2.22. The van der Waals surface area contributed by atoms with Crippen LogP contribution in [-0.4, -0.2) is 30.4 Å². The van der Waals surface area contributed by atoms with Crippen molar-refractivity contribution in [2.45, 2.75) is 45.1 Å². The van der Waals surface area contributed by atoms with Crippen LogP contribution in [0.3, 0.4) is 0 Å². The third kappa shape index (κ3) is 2.96. The zero-order valence-electron chi connectivity index (χ0n) is 13.2. The fourth-order valence-electron chi connectivity index (χ4n) is 2.51. The molecule has 1 aromatic carbocycles. The molecule has 22 heavy (non-hydrogen) atoms. The standard InChI is InChI=1S/C15H22N2O4S/c1-4-9-16(10-5-2)22(19,20)12-7-8-13-14(11-12)21-15(18)17(13)6-3/h7-8,11H,4-6,9-10H2,1-3H3. The minimum Gasteiger partial charge on any atom is -0.408 e. The Morgan fingerprint density at radius 3 is 2.32 bits per heavy atom. The molecule has 122 valence electrons. The lowest BCUT2D eigenvalue weighted by Crippen LogP contribution is -2.32. The Bertz CT molecular complexity index is 799. The van der Waals surface area contributed by atoms with Crippen molar-refractivity contribution < 1.29 is 12.8 Å². The Morgan fingerprint density at radius 2 is 1.77 bits per heavy atom. The number of hydrogen-bond acceptors (Lipinski definition) is 4. The minimum absolute atomic E-state index is 0.166. The molecular weight excluding hydrogens is 304 g/mol. The molecule has 0 spiro atoms. The van der Waals surface area contributed by atoms with E-state index in [0.29, 0.717) is 30.7 Å². The van der Waals surface area contributed by atoms with Gasteiger partial charge in [-0.25, -0.2) is 13.2 Å². The molecule has 2 aromatic rings. The first-order valence-corrected chi connectivity index (χ1v) is 9.03. The number of fused-ring (bicyclic) bond motifs is 1. The van der Waals surface area contributed by atoms with E-state index in [1.54, 1.807) is 6.07 Å². The van der Waals surface area contributed by atoms with Crippen LogP contribution in [0, 0.1) is 0 Å². The molecule has 0 radical (unpaired) electrons. The van der Waals surface area contributed by atoms with E-state index in [2.05, 4.69) is 0 Å². The number of oxazole rings is 1. The SMILES string of the molecule is CCCN(CCC)S(=O)(=O)c1ccc2c(c1)oc(=O)n2CC. The Balaban J connectivity index is 2.51. The van der Waals surface area contributed by atoms with Gasteiger partial charge in [0.1, 0.15) is 0 Å². The number of sulfonamides is 1. The van der Waals surface area contributed by atoms with E-state index in [9.17, 15) is 13.2 Å². The Labute approximate surface area is 130 Å². The van der Waals surface area contributed by atoms with Gasteiger partial charge in [-0.1, -0.05) is 13.8 Å². The topological polar surface area (TPSA) is 72.5 Å². The van der Waals surface area contributed by atoms with Crippen LogP contribution in [0.2, 0.25) is 0 Å². The molecule has 1 heterocycles. The lowest BCUT2D eigenvalue weighted by atomic mass is 10.3. The largest absolute Gasteiger partial charge is 0.419 e. The molecule has 6 nitrogen and oxygen atoms in total. The highest BCUT2D eigenvalue weighted by Gasteiger charge is 2.24. The fraction of sp³-hybridized carbons (Fsp3) is 0.533. The van der Waals surface area contributed by atoms with Gasteiger partial charge in [0.15, 0.2) is 5.58 Å². The maximum atomic E-state index is 12.7. The molecule has 0 amide bonds.